The van der Waals surface area contributed by atoms with Crippen LogP contribution in [0.25, 0.3) is 10.8 Å². The Kier molecular flexibility index (Phi) is 6.19. The Hall–Kier alpha value is -3.05. The van der Waals surface area contributed by atoms with Crippen molar-refractivity contribution < 1.29 is 19.0 Å². The van der Waals surface area contributed by atoms with Crippen LogP contribution < -0.4 is 14.8 Å². The molecule has 156 valence electrons. The van der Waals surface area contributed by atoms with Crippen LogP contribution in [-0.2, 0) is 9.53 Å². The molecule has 0 spiro atoms. The summed E-state index contributed by atoms with van der Waals surface area (Å²) in [5.41, 5.74) is 1.64. The summed E-state index contributed by atoms with van der Waals surface area (Å²) in [5, 5.41) is 5.18. The predicted molar refractivity (Wildman–Crippen MR) is 118 cm³/mol. The summed E-state index contributed by atoms with van der Waals surface area (Å²) >= 11 is 0. The van der Waals surface area contributed by atoms with Gasteiger partial charge in [-0.3, -0.25) is 4.79 Å². The second-order valence-electron chi connectivity index (χ2n) is 7.63. The molecule has 5 heteroatoms. The number of fused-ring (bicyclic) bond motifs is 1. The van der Waals surface area contributed by atoms with Gasteiger partial charge in [-0.05, 0) is 60.4 Å². The van der Waals surface area contributed by atoms with Crippen molar-refractivity contribution in [3.05, 3.63) is 66.2 Å². The van der Waals surface area contributed by atoms with Gasteiger partial charge >= 0.3 is 0 Å². The maximum Gasteiger partial charge on any atom is 0.231 e. The second kappa shape index (κ2) is 9.18. The molecule has 1 aliphatic rings. The quantitative estimate of drug-likeness (QED) is 0.591. The van der Waals surface area contributed by atoms with E-state index in [-0.39, 0.29) is 17.9 Å². The fourth-order valence-electron chi connectivity index (χ4n) is 3.69. The molecule has 1 N–H and O–H groups in total. The first-order valence-corrected chi connectivity index (χ1v) is 10.4. The molecular formula is C25H27NO4. The topological polar surface area (TPSA) is 56.8 Å². The van der Waals surface area contributed by atoms with Gasteiger partial charge in [-0.15, -0.1) is 0 Å². The Morgan fingerprint density at radius 1 is 1.13 bits per heavy atom. The van der Waals surface area contributed by atoms with Crippen LogP contribution in [0.3, 0.4) is 0 Å². The number of carbonyl (C=O) groups is 1. The van der Waals surface area contributed by atoms with Crippen molar-refractivity contribution >= 4 is 22.4 Å². The van der Waals surface area contributed by atoms with Crippen molar-refractivity contribution in [3.63, 3.8) is 0 Å². The normalized spacial score (nSPS) is 16.9. The first kappa shape index (κ1) is 20.2. The number of rotatable bonds is 7. The molecule has 1 aliphatic heterocycles. The van der Waals surface area contributed by atoms with Gasteiger partial charge < -0.3 is 19.5 Å². The highest BCUT2D eigenvalue weighted by Crippen LogP contribution is 2.29. The van der Waals surface area contributed by atoms with E-state index in [2.05, 4.69) is 11.4 Å². The SMILES string of the molecule is COc1ccc2cc([C@H](C)C(=O)Nc3ccccc3OCC3CCCO3)ccc2c1. The number of nitrogens with one attached hydrogen (secondary N) is 1. The van der Waals surface area contributed by atoms with Crippen LogP contribution >= 0.6 is 0 Å². The first-order chi connectivity index (χ1) is 14.6. The highest BCUT2D eigenvalue weighted by Gasteiger charge is 2.19. The van der Waals surface area contributed by atoms with Gasteiger partial charge in [0, 0.05) is 6.61 Å². The lowest BCUT2D eigenvalue weighted by molar-refractivity contribution is -0.117. The highest BCUT2D eigenvalue weighted by molar-refractivity contribution is 5.97. The van der Waals surface area contributed by atoms with E-state index in [0.29, 0.717) is 18.0 Å². The highest BCUT2D eigenvalue weighted by atomic mass is 16.5. The number of carbonyl (C=O) groups excluding carboxylic acids is 1. The zero-order chi connectivity index (χ0) is 20.9. The molecule has 3 aromatic rings. The molecular weight excluding hydrogens is 378 g/mol. The lowest BCUT2D eigenvalue weighted by Crippen LogP contribution is -2.20. The van der Waals surface area contributed by atoms with E-state index in [0.717, 1.165) is 41.5 Å². The van der Waals surface area contributed by atoms with Crippen molar-refractivity contribution in [3.8, 4) is 11.5 Å². The summed E-state index contributed by atoms with van der Waals surface area (Å²) < 4.78 is 16.8. The lowest BCUT2D eigenvalue weighted by Gasteiger charge is -2.17. The van der Waals surface area contributed by atoms with Crippen molar-refractivity contribution in [2.24, 2.45) is 0 Å². The Morgan fingerprint density at radius 2 is 1.93 bits per heavy atom. The fourth-order valence-corrected chi connectivity index (χ4v) is 3.69. The number of ether oxygens (including phenoxy) is 3. The third-order valence-corrected chi connectivity index (χ3v) is 5.56. The number of anilines is 1. The molecule has 1 amide bonds. The number of amides is 1. The summed E-state index contributed by atoms with van der Waals surface area (Å²) in [7, 11) is 1.66. The zero-order valence-corrected chi connectivity index (χ0v) is 17.4. The van der Waals surface area contributed by atoms with Crippen LogP contribution in [0.5, 0.6) is 11.5 Å². The standard InChI is InChI=1S/C25H27NO4/c1-17(18-9-10-20-15-21(28-2)12-11-19(20)14-18)25(27)26-23-7-3-4-8-24(23)30-16-22-6-5-13-29-22/h3-4,7-12,14-15,17,22H,5-6,13,16H2,1-2H3,(H,26,27)/t17-,22?/m0/s1. The maximum atomic E-state index is 13.0. The van der Waals surface area contributed by atoms with Gasteiger partial charge in [-0.1, -0.05) is 36.4 Å². The van der Waals surface area contributed by atoms with Gasteiger partial charge in [0.1, 0.15) is 18.1 Å². The van der Waals surface area contributed by atoms with Gasteiger partial charge in [0.25, 0.3) is 0 Å². The molecule has 1 heterocycles. The van der Waals surface area contributed by atoms with E-state index in [1.54, 1.807) is 7.11 Å². The number of para-hydroxylation sites is 2. The summed E-state index contributed by atoms with van der Waals surface area (Å²) in [5.74, 6) is 1.11. The van der Waals surface area contributed by atoms with E-state index >= 15 is 0 Å². The van der Waals surface area contributed by atoms with Crippen LogP contribution in [0.4, 0.5) is 5.69 Å². The third kappa shape index (κ3) is 4.57. The van der Waals surface area contributed by atoms with Crippen molar-refractivity contribution in [2.75, 3.05) is 25.6 Å². The summed E-state index contributed by atoms with van der Waals surface area (Å²) in [4.78, 5) is 13.0. The minimum absolute atomic E-state index is 0.0731. The van der Waals surface area contributed by atoms with Gasteiger partial charge in [-0.25, -0.2) is 0 Å². The first-order valence-electron chi connectivity index (χ1n) is 10.4. The Bertz CT molecular complexity index is 1030. The molecule has 1 saturated heterocycles. The maximum absolute atomic E-state index is 13.0. The minimum Gasteiger partial charge on any atom is -0.497 e. The molecule has 0 aliphatic carbocycles. The molecule has 2 atom stereocenters. The third-order valence-electron chi connectivity index (χ3n) is 5.56. The summed E-state index contributed by atoms with van der Waals surface area (Å²) in [6.07, 6.45) is 2.21. The van der Waals surface area contributed by atoms with Crippen molar-refractivity contribution in [2.45, 2.75) is 31.8 Å². The molecule has 4 rings (SSSR count). The molecule has 0 saturated carbocycles. The van der Waals surface area contributed by atoms with Gasteiger partial charge in [0.15, 0.2) is 0 Å². The summed E-state index contributed by atoms with van der Waals surface area (Å²) in [6, 6.07) is 19.5. The predicted octanol–water partition coefficient (Wildman–Crippen LogP) is 5.15. The van der Waals surface area contributed by atoms with Crippen molar-refractivity contribution in [1.82, 2.24) is 0 Å². The van der Waals surface area contributed by atoms with Gasteiger partial charge in [0.2, 0.25) is 5.91 Å². The molecule has 0 radical (unpaired) electrons. The van der Waals surface area contributed by atoms with E-state index in [1.807, 2.05) is 61.5 Å². The number of benzene rings is 3. The van der Waals surface area contributed by atoms with Crippen LogP contribution in [0.2, 0.25) is 0 Å². The second-order valence-corrected chi connectivity index (χ2v) is 7.63. The van der Waals surface area contributed by atoms with Crippen LogP contribution in [0.15, 0.2) is 60.7 Å². The van der Waals surface area contributed by atoms with Gasteiger partial charge in [-0.2, -0.15) is 0 Å². The average Bonchev–Trinajstić information content (AvgIpc) is 3.31. The van der Waals surface area contributed by atoms with E-state index < -0.39 is 0 Å². The summed E-state index contributed by atoms with van der Waals surface area (Å²) in [6.45, 7) is 3.20. The Balaban J connectivity index is 1.46. The fraction of sp³-hybridized carbons (Fsp3) is 0.320. The van der Waals surface area contributed by atoms with E-state index in [4.69, 9.17) is 14.2 Å². The molecule has 5 nitrogen and oxygen atoms in total. The Labute approximate surface area is 177 Å². The number of hydrogen-bond acceptors (Lipinski definition) is 4. The van der Waals surface area contributed by atoms with Crippen LogP contribution in [-0.4, -0.2) is 32.3 Å². The largest absolute Gasteiger partial charge is 0.497 e. The molecule has 1 unspecified atom stereocenters. The monoisotopic (exact) mass is 405 g/mol. The van der Waals surface area contributed by atoms with Crippen molar-refractivity contribution in [1.29, 1.82) is 0 Å². The molecule has 1 fully saturated rings. The molecule has 3 aromatic carbocycles. The zero-order valence-electron chi connectivity index (χ0n) is 17.4. The molecule has 0 bridgehead atoms. The lowest BCUT2D eigenvalue weighted by atomic mass is 9.97. The molecule has 0 aromatic heterocycles. The van der Waals surface area contributed by atoms with Crippen LogP contribution in [0.1, 0.15) is 31.2 Å². The van der Waals surface area contributed by atoms with E-state index in [9.17, 15) is 4.79 Å². The number of hydrogen-bond donors (Lipinski definition) is 1. The van der Waals surface area contributed by atoms with E-state index in [1.165, 1.54) is 0 Å². The Morgan fingerprint density at radius 3 is 2.73 bits per heavy atom. The van der Waals surface area contributed by atoms with Gasteiger partial charge in [0.05, 0.1) is 24.8 Å². The number of methoxy groups -OCH3 is 1. The minimum atomic E-state index is -0.303. The van der Waals surface area contributed by atoms with Crippen LogP contribution in [0, 0.1) is 0 Å². The smallest absolute Gasteiger partial charge is 0.231 e. The molecule has 30 heavy (non-hydrogen) atoms. The average molecular weight is 405 g/mol.